The topological polar surface area (TPSA) is 21.3 Å². The van der Waals surface area contributed by atoms with E-state index in [0.29, 0.717) is 16.7 Å². The molecule has 2 nitrogen and oxygen atoms in total. The van der Waals surface area contributed by atoms with E-state index in [0.717, 1.165) is 24.4 Å². The van der Waals surface area contributed by atoms with Gasteiger partial charge in [0.1, 0.15) is 12.4 Å². The summed E-state index contributed by atoms with van der Waals surface area (Å²) in [5.41, 5.74) is 3.36. The van der Waals surface area contributed by atoms with Gasteiger partial charge in [-0.15, -0.1) is 12.4 Å². The Morgan fingerprint density at radius 1 is 0.769 bits per heavy atom. The third kappa shape index (κ3) is 6.22. The van der Waals surface area contributed by atoms with Crippen LogP contribution in [0.25, 0.3) is 0 Å². The van der Waals surface area contributed by atoms with E-state index in [1.807, 2.05) is 48.5 Å². The van der Waals surface area contributed by atoms with Gasteiger partial charge in [-0.1, -0.05) is 71.7 Å². The average molecular weight is 409 g/mol. The maximum Gasteiger partial charge on any atom is 0.120 e. The molecule has 0 unspecified atom stereocenters. The summed E-state index contributed by atoms with van der Waals surface area (Å²) in [6, 6.07) is 23.9. The fourth-order valence-corrected chi connectivity index (χ4v) is 2.96. The van der Waals surface area contributed by atoms with Crippen molar-refractivity contribution >= 4 is 35.6 Å². The number of hydrogen-bond donors (Lipinski definition) is 1. The fraction of sp³-hybridized carbons (Fsp3) is 0.143. The van der Waals surface area contributed by atoms with Gasteiger partial charge in [0, 0.05) is 28.7 Å². The van der Waals surface area contributed by atoms with Crippen molar-refractivity contribution in [2.45, 2.75) is 19.7 Å². The van der Waals surface area contributed by atoms with E-state index in [2.05, 4.69) is 23.5 Å². The number of benzene rings is 3. The molecular formula is C21H20Cl3NO. The van der Waals surface area contributed by atoms with Gasteiger partial charge >= 0.3 is 0 Å². The summed E-state index contributed by atoms with van der Waals surface area (Å²) >= 11 is 12.1. The molecule has 3 aromatic carbocycles. The molecule has 0 saturated heterocycles. The van der Waals surface area contributed by atoms with Crippen molar-refractivity contribution in [2.75, 3.05) is 0 Å². The summed E-state index contributed by atoms with van der Waals surface area (Å²) in [6.07, 6.45) is 0. The van der Waals surface area contributed by atoms with Gasteiger partial charge in [-0.2, -0.15) is 0 Å². The van der Waals surface area contributed by atoms with E-state index in [9.17, 15) is 0 Å². The van der Waals surface area contributed by atoms with Gasteiger partial charge in [0.25, 0.3) is 0 Å². The Morgan fingerprint density at radius 2 is 1.50 bits per heavy atom. The third-order valence-electron chi connectivity index (χ3n) is 3.81. The molecule has 0 amide bonds. The van der Waals surface area contributed by atoms with Crippen LogP contribution in [0.3, 0.4) is 0 Å². The van der Waals surface area contributed by atoms with Gasteiger partial charge in [0.15, 0.2) is 0 Å². The molecule has 0 aliphatic rings. The summed E-state index contributed by atoms with van der Waals surface area (Å²) < 4.78 is 5.86. The van der Waals surface area contributed by atoms with Crippen LogP contribution in [0.5, 0.6) is 5.75 Å². The first-order chi connectivity index (χ1) is 12.2. The van der Waals surface area contributed by atoms with E-state index < -0.39 is 0 Å². The molecule has 0 aliphatic carbocycles. The van der Waals surface area contributed by atoms with Gasteiger partial charge in [0.2, 0.25) is 0 Å². The monoisotopic (exact) mass is 407 g/mol. The maximum atomic E-state index is 6.18. The largest absolute Gasteiger partial charge is 0.489 e. The van der Waals surface area contributed by atoms with Crippen molar-refractivity contribution < 1.29 is 4.74 Å². The summed E-state index contributed by atoms with van der Waals surface area (Å²) in [4.78, 5) is 0. The smallest absolute Gasteiger partial charge is 0.120 e. The molecule has 0 heterocycles. The predicted octanol–water partition coefficient (Wildman–Crippen LogP) is 6.28. The summed E-state index contributed by atoms with van der Waals surface area (Å²) in [7, 11) is 0. The average Bonchev–Trinajstić information content (AvgIpc) is 2.62. The van der Waals surface area contributed by atoms with Crippen LogP contribution in [0.2, 0.25) is 10.0 Å². The number of halogens is 3. The van der Waals surface area contributed by atoms with Gasteiger partial charge in [-0.25, -0.2) is 0 Å². The van der Waals surface area contributed by atoms with Gasteiger partial charge in [-0.3, -0.25) is 0 Å². The Morgan fingerprint density at radius 3 is 2.27 bits per heavy atom. The molecule has 3 aromatic rings. The first-order valence-corrected chi connectivity index (χ1v) is 8.86. The van der Waals surface area contributed by atoms with E-state index in [1.54, 1.807) is 6.07 Å². The van der Waals surface area contributed by atoms with Crippen LogP contribution in [0.15, 0.2) is 72.8 Å². The van der Waals surface area contributed by atoms with Crippen molar-refractivity contribution in [2.24, 2.45) is 0 Å². The standard InChI is InChI=1S/C21H19Cl2NO.ClH/c22-19-10-9-18(21(23)12-19)15-25-20-8-4-7-17(11-20)14-24-13-16-5-2-1-3-6-16;/h1-12,24H,13-15H2;1H. The van der Waals surface area contributed by atoms with E-state index in [-0.39, 0.29) is 12.4 Å². The minimum atomic E-state index is 0. The molecule has 0 atom stereocenters. The number of ether oxygens (including phenoxy) is 1. The summed E-state index contributed by atoms with van der Waals surface area (Å²) in [5, 5.41) is 4.69. The molecule has 1 N–H and O–H groups in total. The van der Waals surface area contributed by atoms with Crippen LogP contribution in [-0.2, 0) is 19.7 Å². The van der Waals surface area contributed by atoms with Crippen molar-refractivity contribution in [1.29, 1.82) is 0 Å². The third-order valence-corrected chi connectivity index (χ3v) is 4.40. The molecular weight excluding hydrogens is 389 g/mol. The molecule has 3 rings (SSSR count). The van der Waals surface area contributed by atoms with Crippen LogP contribution in [0.4, 0.5) is 0 Å². The lowest BCUT2D eigenvalue weighted by atomic mass is 10.2. The zero-order valence-corrected chi connectivity index (χ0v) is 16.5. The molecule has 0 saturated carbocycles. The minimum Gasteiger partial charge on any atom is -0.489 e. The van der Waals surface area contributed by atoms with Crippen molar-refractivity contribution in [3.05, 3.63) is 99.5 Å². The molecule has 0 spiro atoms. The summed E-state index contributed by atoms with van der Waals surface area (Å²) in [6.45, 7) is 2.04. The quantitative estimate of drug-likeness (QED) is 0.496. The van der Waals surface area contributed by atoms with Crippen LogP contribution in [-0.4, -0.2) is 0 Å². The molecule has 0 aliphatic heterocycles. The van der Waals surface area contributed by atoms with Crippen molar-refractivity contribution in [3.8, 4) is 5.75 Å². The molecule has 0 aromatic heterocycles. The normalized spacial score (nSPS) is 10.2. The van der Waals surface area contributed by atoms with Gasteiger partial charge in [0.05, 0.1) is 0 Å². The lowest BCUT2D eigenvalue weighted by Crippen LogP contribution is -2.12. The van der Waals surface area contributed by atoms with Crippen molar-refractivity contribution in [1.82, 2.24) is 5.32 Å². The second-order valence-electron chi connectivity index (χ2n) is 5.76. The highest BCUT2D eigenvalue weighted by molar-refractivity contribution is 6.35. The molecule has 0 radical (unpaired) electrons. The minimum absolute atomic E-state index is 0. The van der Waals surface area contributed by atoms with Crippen LogP contribution in [0, 0.1) is 0 Å². The predicted molar refractivity (Wildman–Crippen MR) is 111 cm³/mol. The lowest BCUT2D eigenvalue weighted by molar-refractivity contribution is 0.306. The first-order valence-electron chi connectivity index (χ1n) is 8.11. The first kappa shape index (κ1) is 20.6. The van der Waals surface area contributed by atoms with Crippen LogP contribution < -0.4 is 10.1 Å². The molecule has 136 valence electrons. The SMILES string of the molecule is Cl.Clc1ccc(COc2cccc(CNCc3ccccc3)c2)c(Cl)c1. The zero-order valence-electron chi connectivity index (χ0n) is 14.1. The molecule has 0 bridgehead atoms. The Hall–Kier alpha value is -1.71. The second-order valence-corrected chi connectivity index (χ2v) is 6.60. The van der Waals surface area contributed by atoms with Crippen molar-refractivity contribution in [3.63, 3.8) is 0 Å². The number of rotatable bonds is 7. The Labute approximate surface area is 170 Å². The van der Waals surface area contributed by atoms with E-state index >= 15 is 0 Å². The molecule has 0 fully saturated rings. The van der Waals surface area contributed by atoms with Crippen LogP contribution in [0.1, 0.15) is 16.7 Å². The Kier molecular flexibility index (Phi) is 8.27. The van der Waals surface area contributed by atoms with E-state index in [1.165, 1.54) is 11.1 Å². The summed E-state index contributed by atoms with van der Waals surface area (Å²) in [5.74, 6) is 0.824. The Balaban J connectivity index is 0.00000243. The number of hydrogen-bond acceptors (Lipinski definition) is 2. The van der Waals surface area contributed by atoms with Gasteiger partial charge < -0.3 is 10.1 Å². The van der Waals surface area contributed by atoms with Gasteiger partial charge in [-0.05, 0) is 35.4 Å². The molecule has 26 heavy (non-hydrogen) atoms. The van der Waals surface area contributed by atoms with Crippen LogP contribution >= 0.6 is 35.6 Å². The van der Waals surface area contributed by atoms with E-state index in [4.69, 9.17) is 27.9 Å². The molecule has 5 heteroatoms. The lowest BCUT2D eigenvalue weighted by Gasteiger charge is -2.10. The highest BCUT2D eigenvalue weighted by Gasteiger charge is 2.03. The second kappa shape index (κ2) is 10.4. The zero-order chi connectivity index (χ0) is 17.5. The highest BCUT2D eigenvalue weighted by Crippen LogP contribution is 2.23. The Bertz CT molecular complexity index is 824. The highest BCUT2D eigenvalue weighted by atomic mass is 35.5. The maximum absolute atomic E-state index is 6.18. The number of nitrogens with one attached hydrogen (secondary N) is 1. The fourth-order valence-electron chi connectivity index (χ4n) is 2.49.